The molecule has 0 bridgehead atoms. The average molecular weight is 430 g/mol. The van der Waals surface area contributed by atoms with Gasteiger partial charge in [-0.25, -0.2) is 0 Å². The molecule has 0 saturated heterocycles. The van der Waals surface area contributed by atoms with Crippen molar-refractivity contribution in [3.8, 4) is 0 Å². The molecular weight excluding hydrogens is 398 g/mol. The lowest BCUT2D eigenvalue weighted by molar-refractivity contribution is -0.133. The van der Waals surface area contributed by atoms with E-state index in [9.17, 15) is 9.59 Å². The maximum atomic E-state index is 13.2. The minimum atomic E-state index is -0.133. The summed E-state index contributed by atoms with van der Waals surface area (Å²) in [7, 11) is 1.80. The van der Waals surface area contributed by atoms with Gasteiger partial charge in [-0.15, -0.1) is 0 Å². The van der Waals surface area contributed by atoms with E-state index in [-0.39, 0.29) is 24.9 Å². The molecule has 0 atom stereocenters. The second kappa shape index (κ2) is 11.3. The lowest BCUT2D eigenvalue weighted by Crippen LogP contribution is -2.41. The van der Waals surface area contributed by atoms with Crippen molar-refractivity contribution in [2.45, 2.75) is 26.9 Å². The van der Waals surface area contributed by atoms with Crippen LogP contribution in [0.15, 0.2) is 78.9 Å². The Morgan fingerprint density at radius 2 is 1.31 bits per heavy atom. The van der Waals surface area contributed by atoms with Crippen LogP contribution < -0.4 is 5.32 Å². The number of aryl methyl sites for hydroxylation is 1. The van der Waals surface area contributed by atoms with Crippen LogP contribution in [0.25, 0.3) is 0 Å². The third-order valence-electron chi connectivity index (χ3n) is 5.48. The third-order valence-corrected chi connectivity index (χ3v) is 5.48. The largest absolute Gasteiger partial charge is 0.333 e. The summed E-state index contributed by atoms with van der Waals surface area (Å²) in [5, 5.41) is 2.96. The first-order chi connectivity index (χ1) is 15.4. The van der Waals surface area contributed by atoms with Gasteiger partial charge in [0.1, 0.15) is 0 Å². The summed E-state index contributed by atoms with van der Waals surface area (Å²) in [6.45, 7) is 5.37. The van der Waals surface area contributed by atoms with Crippen LogP contribution in [-0.4, -0.2) is 41.8 Å². The Balaban J connectivity index is 1.62. The van der Waals surface area contributed by atoms with E-state index in [1.54, 1.807) is 11.9 Å². The van der Waals surface area contributed by atoms with Gasteiger partial charge in [0.25, 0.3) is 0 Å². The molecular formula is C27H31N3O2. The van der Waals surface area contributed by atoms with Gasteiger partial charge in [-0.1, -0.05) is 72.8 Å². The SMILES string of the molecule is Cc1cccc(NC(=O)CN(C)CC(=O)N(Cc2ccccc2)Cc2ccccc2)c1C. The number of carbonyl (C=O) groups is 2. The number of hydrogen-bond acceptors (Lipinski definition) is 3. The number of benzene rings is 3. The van der Waals surface area contributed by atoms with Gasteiger partial charge in [0.15, 0.2) is 0 Å². The van der Waals surface area contributed by atoms with Gasteiger partial charge in [0, 0.05) is 18.8 Å². The predicted octanol–water partition coefficient (Wildman–Crippen LogP) is 4.40. The summed E-state index contributed by atoms with van der Waals surface area (Å²) in [5.74, 6) is -0.147. The van der Waals surface area contributed by atoms with E-state index < -0.39 is 0 Å². The highest BCUT2D eigenvalue weighted by atomic mass is 16.2. The van der Waals surface area contributed by atoms with Gasteiger partial charge in [0.05, 0.1) is 13.1 Å². The molecule has 0 unspecified atom stereocenters. The van der Waals surface area contributed by atoms with E-state index in [0.29, 0.717) is 13.1 Å². The van der Waals surface area contributed by atoms with Crippen molar-refractivity contribution in [3.63, 3.8) is 0 Å². The van der Waals surface area contributed by atoms with Crippen LogP contribution in [-0.2, 0) is 22.7 Å². The molecule has 0 aliphatic heterocycles. The molecule has 5 heteroatoms. The van der Waals surface area contributed by atoms with E-state index in [1.807, 2.05) is 97.6 Å². The Bertz CT molecular complexity index is 994. The van der Waals surface area contributed by atoms with Crippen molar-refractivity contribution in [1.82, 2.24) is 9.80 Å². The van der Waals surface area contributed by atoms with Crippen LogP contribution in [0, 0.1) is 13.8 Å². The van der Waals surface area contributed by atoms with Gasteiger partial charge >= 0.3 is 0 Å². The number of nitrogens with zero attached hydrogens (tertiary/aromatic N) is 2. The van der Waals surface area contributed by atoms with Gasteiger partial charge in [-0.05, 0) is 49.2 Å². The first-order valence-corrected chi connectivity index (χ1v) is 10.8. The molecule has 3 aromatic carbocycles. The summed E-state index contributed by atoms with van der Waals surface area (Å²) in [4.78, 5) is 29.3. The molecule has 1 N–H and O–H groups in total. The maximum absolute atomic E-state index is 13.2. The van der Waals surface area contributed by atoms with Crippen LogP contribution in [0.3, 0.4) is 0 Å². The molecule has 0 saturated carbocycles. The standard InChI is InChI=1S/C27H31N3O2/c1-21-11-10-16-25(22(21)2)28-26(31)19-29(3)20-27(32)30(17-23-12-6-4-7-13-23)18-24-14-8-5-9-15-24/h4-16H,17-20H2,1-3H3,(H,28,31). The minimum absolute atomic E-state index is 0.0141. The zero-order valence-electron chi connectivity index (χ0n) is 19.0. The monoisotopic (exact) mass is 429 g/mol. The fraction of sp³-hybridized carbons (Fsp3) is 0.259. The van der Waals surface area contributed by atoms with Crippen molar-refractivity contribution < 1.29 is 9.59 Å². The molecule has 2 amide bonds. The van der Waals surface area contributed by atoms with Crippen molar-refractivity contribution in [3.05, 3.63) is 101 Å². The van der Waals surface area contributed by atoms with Crippen LogP contribution in [0.5, 0.6) is 0 Å². The summed E-state index contributed by atoms with van der Waals surface area (Å²) >= 11 is 0. The number of nitrogens with one attached hydrogen (secondary N) is 1. The zero-order chi connectivity index (χ0) is 22.9. The molecule has 5 nitrogen and oxygen atoms in total. The molecule has 3 aromatic rings. The number of anilines is 1. The highest BCUT2D eigenvalue weighted by Gasteiger charge is 2.18. The Morgan fingerprint density at radius 3 is 1.88 bits per heavy atom. The molecule has 3 rings (SSSR count). The molecule has 0 aliphatic rings. The summed E-state index contributed by atoms with van der Waals surface area (Å²) in [5.41, 5.74) is 5.14. The summed E-state index contributed by atoms with van der Waals surface area (Å²) < 4.78 is 0. The lowest BCUT2D eigenvalue weighted by atomic mass is 10.1. The van der Waals surface area contributed by atoms with Gasteiger partial charge < -0.3 is 10.2 Å². The van der Waals surface area contributed by atoms with Crippen LogP contribution in [0.4, 0.5) is 5.69 Å². The van der Waals surface area contributed by atoms with Crippen molar-refractivity contribution in [1.29, 1.82) is 0 Å². The number of carbonyl (C=O) groups excluding carboxylic acids is 2. The van der Waals surface area contributed by atoms with Crippen molar-refractivity contribution in [2.75, 3.05) is 25.5 Å². The van der Waals surface area contributed by atoms with E-state index in [1.165, 1.54) is 0 Å². The van der Waals surface area contributed by atoms with E-state index >= 15 is 0 Å². The van der Waals surface area contributed by atoms with Gasteiger partial charge in [0.2, 0.25) is 11.8 Å². The first-order valence-electron chi connectivity index (χ1n) is 10.8. The maximum Gasteiger partial charge on any atom is 0.238 e. The van der Waals surface area contributed by atoms with Crippen molar-refractivity contribution >= 4 is 17.5 Å². The predicted molar refractivity (Wildman–Crippen MR) is 129 cm³/mol. The van der Waals surface area contributed by atoms with Gasteiger partial charge in [-0.3, -0.25) is 14.5 Å². The number of likely N-dealkylation sites (N-methyl/N-ethyl adjacent to an activating group) is 1. The molecule has 166 valence electrons. The highest BCUT2D eigenvalue weighted by Crippen LogP contribution is 2.18. The Kier molecular flexibility index (Phi) is 8.17. The smallest absolute Gasteiger partial charge is 0.238 e. The molecule has 0 spiro atoms. The number of hydrogen-bond donors (Lipinski definition) is 1. The van der Waals surface area contributed by atoms with E-state index in [2.05, 4.69) is 5.32 Å². The topological polar surface area (TPSA) is 52.7 Å². The second-order valence-corrected chi connectivity index (χ2v) is 8.19. The number of rotatable bonds is 9. The fourth-order valence-corrected chi connectivity index (χ4v) is 3.55. The fourth-order valence-electron chi connectivity index (χ4n) is 3.55. The van der Waals surface area contributed by atoms with E-state index in [0.717, 1.165) is 27.9 Å². The highest BCUT2D eigenvalue weighted by molar-refractivity contribution is 5.93. The summed E-state index contributed by atoms with van der Waals surface area (Å²) in [6, 6.07) is 25.8. The molecule has 0 heterocycles. The normalized spacial score (nSPS) is 10.8. The minimum Gasteiger partial charge on any atom is -0.333 e. The van der Waals surface area contributed by atoms with Crippen LogP contribution in [0.1, 0.15) is 22.3 Å². The Morgan fingerprint density at radius 1 is 0.750 bits per heavy atom. The van der Waals surface area contributed by atoms with Crippen LogP contribution in [0.2, 0.25) is 0 Å². The van der Waals surface area contributed by atoms with Crippen molar-refractivity contribution in [2.24, 2.45) is 0 Å². The summed E-state index contributed by atoms with van der Waals surface area (Å²) in [6.07, 6.45) is 0. The average Bonchev–Trinajstić information content (AvgIpc) is 2.77. The molecule has 0 aromatic heterocycles. The van der Waals surface area contributed by atoms with Gasteiger partial charge in [-0.2, -0.15) is 0 Å². The first kappa shape index (κ1) is 23.2. The number of amides is 2. The Hall–Kier alpha value is -3.44. The quantitative estimate of drug-likeness (QED) is 0.548. The molecule has 0 radical (unpaired) electrons. The Labute approximate surface area is 190 Å². The molecule has 0 fully saturated rings. The van der Waals surface area contributed by atoms with Crippen LogP contribution >= 0.6 is 0 Å². The zero-order valence-corrected chi connectivity index (χ0v) is 19.0. The molecule has 0 aliphatic carbocycles. The second-order valence-electron chi connectivity index (χ2n) is 8.19. The molecule has 32 heavy (non-hydrogen) atoms. The third kappa shape index (κ3) is 6.79. The lowest BCUT2D eigenvalue weighted by Gasteiger charge is -2.26. The van der Waals surface area contributed by atoms with E-state index in [4.69, 9.17) is 0 Å².